The largest absolute Gasteiger partial charge is 0.462 e. The van der Waals surface area contributed by atoms with Crippen molar-refractivity contribution in [2.24, 2.45) is 0 Å². The van der Waals surface area contributed by atoms with Gasteiger partial charge in [-0.25, -0.2) is 9.78 Å². The van der Waals surface area contributed by atoms with Crippen molar-refractivity contribution in [3.05, 3.63) is 47.8 Å². The van der Waals surface area contributed by atoms with Crippen LogP contribution in [0.4, 0.5) is 24.8 Å². The average molecular weight is 532 g/mol. The summed E-state index contributed by atoms with van der Waals surface area (Å²) in [6.07, 6.45) is 0.787. The first kappa shape index (κ1) is 27.8. The zero-order valence-electron chi connectivity index (χ0n) is 22.7. The number of fused-ring (bicyclic) bond motifs is 1. The van der Waals surface area contributed by atoms with Crippen LogP contribution in [-0.2, 0) is 4.74 Å². The van der Waals surface area contributed by atoms with Crippen LogP contribution in [0.2, 0.25) is 0 Å². The Morgan fingerprint density at radius 1 is 1.16 bits per heavy atom. The van der Waals surface area contributed by atoms with E-state index in [1.807, 2.05) is 63.3 Å². The second-order valence-electron chi connectivity index (χ2n) is 9.92. The van der Waals surface area contributed by atoms with Gasteiger partial charge in [0.15, 0.2) is 0 Å². The van der Waals surface area contributed by atoms with Crippen molar-refractivity contribution in [2.45, 2.75) is 45.8 Å². The molecule has 3 aromatic rings. The summed E-state index contributed by atoms with van der Waals surface area (Å²) in [4.78, 5) is 23.1. The average Bonchev–Trinajstić information content (AvgIpc) is 3.29. The van der Waals surface area contributed by atoms with Crippen LogP contribution in [0.1, 0.15) is 42.6 Å². The van der Waals surface area contributed by atoms with Crippen LogP contribution in [0, 0.1) is 6.92 Å². The Morgan fingerprint density at radius 2 is 1.87 bits per heavy atom. The van der Waals surface area contributed by atoms with Gasteiger partial charge in [-0.1, -0.05) is 0 Å². The van der Waals surface area contributed by atoms with E-state index >= 15 is 0 Å². The topological polar surface area (TPSA) is 53.3 Å². The quantitative estimate of drug-likeness (QED) is 0.363. The second kappa shape index (κ2) is 11.2. The number of halogens is 3. The molecule has 206 valence electrons. The zero-order valence-corrected chi connectivity index (χ0v) is 22.7. The van der Waals surface area contributed by atoms with Crippen LogP contribution in [0.5, 0.6) is 0 Å². The molecule has 0 atom stereocenters. The third-order valence-electron chi connectivity index (χ3n) is 7.20. The van der Waals surface area contributed by atoms with Crippen molar-refractivity contribution in [2.75, 3.05) is 56.7 Å². The monoisotopic (exact) mass is 531 g/mol. The lowest BCUT2D eigenvalue weighted by Gasteiger charge is -2.40. The summed E-state index contributed by atoms with van der Waals surface area (Å²) in [6.45, 7) is 6.53. The molecule has 10 heteroatoms. The SMILES string of the molecule is CCOC(=O)c1cc2c(-c3ccnc(N(C)C)c3)ccn2c(N(CC)C2CCN(CC(F)(F)F)CC2)c1C. The Kier molecular flexibility index (Phi) is 8.20. The first-order valence-corrected chi connectivity index (χ1v) is 13.0. The normalized spacial score (nSPS) is 15.2. The number of aromatic nitrogens is 2. The van der Waals surface area contributed by atoms with Crippen molar-refractivity contribution in [1.82, 2.24) is 14.3 Å². The Morgan fingerprint density at radius 3 is 2.47 bits per heavy atom. The van der Waals surface area contributed by atoms with E-state index in [0.29, 0.717) is 38.0 Å². The van der Waals surface area contributed by atoms with Crippen molar-refractivity contribution in [3.63, 3.8) is 0 Å². The Bertz CT molecular complexity index is 1280. The van der Waals surface area contributed by atoms with Gasteiger partial charge in [-0.15, -0.1) is 0 Å². The highest BCUT2D eigenvalue weighted by molar-refractivity contribution is 5.97. The molecule has 0 aliphatic carbocycles. The number of nitrogens with zero attached hydrogens (tertiary/aromatic N) is 5. The van der Waals surface area contributed by atoms with Crippen molar-refractivity contribution in [3.8, 4) is 11.1 Å². The summed E-state index contributed by atoms with van der Waals surface area (Å²) in [5, 5.41) is 0. The van der Waals surface area contributed by atoms with Gasteiger partial charge < -0.3 is 18.9 Å². The van der Waals surface area contributed by atoms with E-state index in [2.05, 4.69) is 14.3 Å². The third-order valence-corrected chi connectivity index (χ3v) is 7.20. The molecular formula is C28H36F3N5O2. The fraction of sp³-hybridized carbons (Fsp3) is 0.500. The Hall–Kier alpha value is -3.27. The second-order valence-corrected chi connectivity index (χ2v) is 9.92. The minimum Gasteiger partial charge on any atom is -0.462 e. The maximum absolute atomic E-state index is 13.1. The van der Waals surface area contributed by atoms with Gasteiger partial charge in [0.05, 0.1) is 24.2 Å². The number of alkyl halides is 3. The van der Waals surface area contributed by atoms with E-state index in [-0.39, 0.29) is 18.6 Å². The number of carbonyl (C=O) groups is 1. The number of ether oxygens (including phenoxy) is 1. The van der Waals surface area contributed by atoms with Gasteiger partial charge in [0.2, 0.25) is 0 Å². The lowest BCUT2D eigenvalue weighted by atomic mass is 10.0. The molecule has 0 spiro atoms. The molecule has 4 heterocycles. The van der Waals surface area contributed by atoms with Crippen LogP contribution in [-0.4, -0.2) is 79.4 Å². The van der Waals surface area contributed by atoms with E-state index in [9.17, 15) is 18.0 Å². The summed E-state index contributed by atoms with van der Waals surface area (Å²) in [6, 6.07) is 7.91. The van der Waals surface area contributed by atoms with Crippen LogP contribution in [0.15, 0.2) is 36.7 Å². The Balaban J connectivity index is 1.80. The third kappa shape index (κ3) is 5.75. The van der Waals surface area contributed by atoms with E-state index in [0.717, 1.165) is 33.8 Å². The first-order chi connectivity index (χ1) is 18.0. The summed E-state index contributed by atoms with van der Waals surface area (Å²) in [5.41, 5.74) is 4.07. The highest BCUT2D eigenvalue weighted by atomic mass is 19.4. The molecular weight excluding hydrogens is 495 g/mol. The van der Waals surface area contributed by atoms with Crippen molar-refractivity contribution < 1.29 is 22.7 Å². The molecule has 0 aromatic carbocycles. The summed E-state index contributed by atoms with van der Waals surface area (Å²) >= 11 is 0. The number of likely N-dealkylation sites (tertiary alicyclic amines) is 1. The minimum absolute atomic E-state index is 0.0518. The van der Waals surface area contributed by atoms with Gasteiger partial charge >= 0.3 is 12.1 Å². The summed E-state index contributed by atoms with van der Waals surface area (Å²) in [7, 11) is 3.87. The van der Waals surface area contributed by atoms with E-state index in [1.165, 1.54) is 4.90 Å². The van der Waals surface area contributed by atoms with Gasteiger partial charge in [-0.05, 0) is 63.4 Å². The van der Waals surface area contributed by atoms with Crippen LogP contribution in [0.3, 0.4) is 0 Å². The van der Waals surface area contributed by atoms with Gasteiger partial charge in [0.1, 0.15) is 11.6 Å². The standard InChI is InChI=1S/C28H36F3N5O2/c1-6-35(21-9-13-34(14-10-21)18-28(29,30)31)26-19(3)23(27(37)38-7-2)17-24-22(11-15-36(24)26)20-8-12-32-25(16-20)33(4)5/h8,11-12,15-17,21H,6-7,9-10,13-14,18H2,1-5H3. The minimum atomic E-state index is -4.20. The number of pyridine rings is 2. The summed E-state index contributed by atoms with van der Waals surface area (Å²) in [5.74, 6) is 1.30. The molecule has 1 aliphatic heterocycles. The highest BCUT2D eigenvalue weighted by Crippen LogP contribution is 2.36. The lowest BCUT2D eigenvalue weighted by molar-refractivity contribution is -0.147. The molecule has 7 nitrogen and oxygen atoms in total. The predicted octanol–water partition coefficient (Wildman–Crippen LogP) is 5.41. The number of hydrogen-bond acceptors (Lipinski definition) is 6. The molecule has 0 saturated carbocycles. The number of esters is 1. The van der Waals surface area contributed by atoms with Crippen molar-refractivity contribution >= 4 is 23.1 Å². The van der Waals surface area contributed by atoms with Gasteiger partial charge in [-0.2, -0.15) is 13.2 Å². The highest BCUT2D eigenvalue weighted by Gasteiger charge is 2.34. The first-order valence-electron chi connectivity index (χ1n) is 13.0. The number of carbonyl (C=O) groups excluding carboxylic acids is 1. The van der Waals surface area contributed by atoms with E-state index < -0.39 is 12.7 Å². The van der Waals surface area contributed by atoms with Crippen LogP contribution in [0.25, 0.3) is 16.6 Å². The molecule has 1 aliphatic rings. The molecule has 4 rings (SSSR count). The number of anilines is 2. The zero-order chi connectivity index (χ0) is 27.6. The smallest absolute Gasteiger partial charge is 0.401 e. The van der Waals surface area contributed by atoms with E-state index in [1.54, 1.807) is 13.1 Å². The molecule has 3 aromatic heterocycles. The van der Waals surface area contributed by atoms with Gasteiger partial charge in [-0.3, -0.25) is 4.90 Å². The molecule has 1 saturated heterocycles. The maximum atomic E-state index is 13.1. The molecule has 0 N–H and O–H groups in total. The number of hydrogen-bond donors (Lipinski definition) is 0. The van der Waals surface area contributed by atoms with Crippen LogP contribution < -0.4 is 9.80 Å². The van der Waals surface area contributed by atoms with Crippen molar-refractivity contribution in [1.29, 1.82) is 0 Å². The molecule has 1 fully saturated rings. The van der Waals surface area contributed by atoms with Gasteiger partial charge in [0, 0.05) is 63.3 Å². The van der Waals surface area contributed by atoms with Crippen LogP contribution >= 0.6 is 0 Å². The molecule has 0 unspecified atom stereocenters. The molecule has 0 amide bonds. The lowest BCUT2D eigenvalue weighted by Crippen LogP contribution is -2.48. The molecule has 0 radical (unpaired) electrons. The number of piperidine rings is 1. The summed E-state index contributed by atoms with van der Waals surface area (Å²) < 4.78 is 46.3. The molecule has 38 heavy (non-hydrogen) atoms. The fourth-order valence-electron chi connectivity index (χ4n) is 5.40. The van der Waals surface area contributed by atoms with Gasteiger partial charge in [0.25, 0.3) is 0 Å². The maximum Gasteiger partial charge on any atom is 0.401 e. The number of rotatable bonds is 8. The fourth-order valence-corrected chi connectivity index (χ4v) is 5.40. The molecule has 0 bridgehead atoms. The Labute approximate surface area is 221 Å². The predicted molar refractivity (Wildman–Crippen MR) is 144 cm³/mol. The van der Waals surface area contributed by atoms with E-state index in [4.69, 9.17) is 4.74 Å².